The van der Waals surface area contributed by atoms with E-state index in [0.29, 0.717) is 5.02 Å². The number of halogens is 1. The van der Waals surface area contributed by atoms with Crippen LogP contribution in [0, 0.1) is 0 Å². The van der Waals surface area contributed by atoms with Crippen molar-refractivity contribution in [1.29, 1.82) is 0 Å². The number of aryl methyl sites for hydroxylation is 3. The highest BCUT2D eigenvalue weighted by atomic mass is 35.5. The van der Waals surface area contributed by atoms with Gasteiger partial charge in [-0.25, -0.2) is 0 Å². The van der Waals surface area contributed by atoms with E-state index in [9.17, 15) is 0 Å². The Morgan fingerprint density at radius 2 is 2.14 bits per heavy atom. The number of methoxy groups -OCH3 is 1. The molecule has 7 heteroatoms. The van der Waals surface area contributed by atoms with Gasteiger partial charge in [0.1, 0.15) is 11.4 Å². The van der Waals surface area contributed by atoms with E-state index in [1.165, 1.54) is 0 Å². The molecule has 22 heavy (non-hydrogen) atoms. The summed E-state index contributed by atoms with van der Waals surface area (Å²) in [5.74, 6) is 0.720. The zero-order chi connectivity index (χ0) is 15.5. The molecule has 0 saturated heterocycles. The average molecular weight is 318 g/mol. The largest absolute Gasteiger partial charge is 0.497 e. The maximum Gasteiger partial charge on any atom is 0.120 e. The molecule has 0 N–H and O–H groups in total. The van der Waals surface area contributed by atoms with Gasteiger partial charge in [0.05, 0.1) is 18.3 Å². The first-order valence-corrected chi connectivity index (χ1v) is 7.26. The highest BCUT2D eigenvalue weighted by Gasteiger charge is 2.09. The van der Waals surface area contributed by atoms with Crippen molar-refractivity contribution in [2.24, 2.45) is 7.05 Å². The summed E-state index contributed by atoms with van der Waals surface area (Å²) in [7, 11) is 3.54. The first-order chi connectivity index (χ1) is 10.7. The molecule has 1 aromatic carbocycles. The number of hydrogen-bond donors (Lipinski definition) is 0. The third-order valence-electron chi connectivity index (χ3n) is 3.51. The van der Waals surface area contributed by atoms with Crippen molar-refractivity contribution in [3.63, 3.8) is 0 Å². The summed E-state index contributed by atoms with van der Waals surface area (Å²) >= 11 is 6.26. The SMILES string of the molecule is COc1ccc(-c2cn(CCc3ccnn3C)nn2)c(Cl)c1. The van der Waals surface area contributed by atoms with Crippen LogP contribution in [0.4, 0.5) is 0 Å². The summed E-state index contributed by atoms with van der Waals surface area (Å²) in [6.45, 7) is 0.736. The molecule has 2 aromatic heterocycles. The van der Waals surface area contributed by atoms with Gasteiger partial charge in [-0.3, -0.25) is 9.36 Å². The zero-order valence-corrected chi connectivity index (χ0v) is 13.2. The molecule has 3 aromatic rings. The molecule has 0 bridgehead atoms. The molecule has 0 atom stereocenters. The van der Waals surface area contributed by atoms with Crippen LogP contribution in [0.2, 0.25) is 5.02 Å². The molecular weight excluding hydrogens is 302 g/mol. The molecule has 0 saturated carbocycles. The lowest BCUT2D eigenvalue weighted by Crippen LogP contribution is -2.05. The van der Waals surface area contributed by atoms with E-state index < -0.39 is 0 Å². The predicted octanol–water partition coefficient (Wildman–Crippen LogP) is 2.58. The Morgan fingerprint density at radius 3 is 2.82 bits per heavy atom. The molecule has 6 nitrogen and oxygen atoms in total. The summed E-state index contributed by atoms with van der Waals surface area (Å²) in [5.41, 5.74) is 2.74. The lowest BCUT2D eigenvalue weighted by atomic mass is 10.1. The van der Waals surface area contributed by atoms with Crippen LogP contribution < -0.4 is 4.74 Å². The second-order valence-corrected chi connectivity index (χ2v) is 5.32. The van der Waals surface area contributed by atoms with Gasteiger partial charge in [-0.2, -0.15) is 5.10 Å². The van der Waals surface area contributed by atoms with Crippen molar-refractivity contribution in [1.82, 2.24) is 24.8 Å². The molecule has 0 unspecified atom stereocenters. The molecule has 0 spiro atoms. The molecule has 0 amide bonds. The molecule has 0 aliphatic heterocycles. The quantitative estimate of drug-likeness (QED) is 0.725. The smallest absolute Gasteiger partial charge is 0.120 e. The van der Waals surface area contributed by atoms with Crippen molar-refractivity contribution in [2.75, 3.05) is 7.11 Å². The van der Waals surface area contributed by atoms with Gasteiger partial charge in [0.15, 0.2) is 0 Å². The average Bonchev–Trinajstić information content (AvgIpc) is 3.14. The molecular formula is C15H16ClN5O. The van der Waals surface area contributed by atoms with Crippen LogP contribution in [0.5, 0.6) is 5.75 Å². The fourth-order valence-corrected chi connectivity index (χ4v) is 2.50. The zero-order valence-electron chi connectivity index (χ0n) is 12.4. The van der Waals surface area contributed by atoms with Crippen molar-refractivity contribution in [3.8, 4) is 17.0 Å². The van der Waals surface area contributed by atoms with E-state index in [1.807, 2.05) is 40.8 Å². The molecule has 3 rings (SSSR count). The molecule has 0 fully saturated rings. The third-order valence-corrected chi connectivity index (χ3v) is 3.82. The lowest BCUT2D eigenvalue weighted by Gasteiger charge is -2.03. The lowest BCUT2D eigenvalue weighted by molar-refractivity contribution is 0.415. The number of rotatable bonds is 5. The molecule has 0 radical (unpaired) electrons. The number of benzene rings is 1. The molecule has 0 aliphatic rings. The van der Waals surface area contributed by atoms with E-state index in [1.54, 1.807) is 19.4 Å². The topological polar surface area (TPSA) is 57.8 Å². The minimum Gasteiger partial charge on any atom is -0.497 e. The van der Waals surface area contributed by atoms with E-state index in [-0.39, 0.29) is 0 Å². The first-order valence-electron chi connectivity index (χ1n) is 6.88. The van der Waals surface area contributed by atoms with Gasteiger partial charge < -0.3 is 4.74 Å². The molecule has 2 heterocycles. The van der Waals surface area contributed by atoms with Crippen molar-refractivity contribution < 1.29 is 4.74 Å². The van der Waals surface area contributed by atoms with Gasteiger partial charge in [0, 0.05) is 37.5 Å². The van der Waals surface area contributed by atoms with E-state index >= 15 is 0 Å². The normalized spacial score (nSPS) is 10.9. The monoisotopic (exact) mass is 317 g/mol. The van der Waals surface area contributed by atoms with Gasteiger partial charge in [-0.15, -0.1) is 5.10 Å². The van der Waals surface area contributed by atoms with Crippen LogP contribution >= 0.6 is 11.6 Å². The van der Waals surface area contributed by atoms with Crippen LogP contribution in [0.1, 0.15) is 5.69 Å². The Morgan fingerprint density at radius 1 is 1.27 bits per heavy atom. The Bertz CT molecular complexity index is 780. The van der Waals surface area contributed by atoms with Gasteiger partial charge in [-0.05, 0) is 24.3 Å². The van der Waals surface area contributed by atoms with E-state index in [0.717, 1.165) is 35.7 Å². The minimum atomic E-state index is 0.595. The van der Waals surface area contributed by atoms with E-state index in [4.69, 9.17) is 16.3 Å². The van der Waals surface area contributed by atoms with Crippen LogP contribution in [0.25, 0.3) is 11.3 Å². The Labute approximate surface area is 133 Å². The van der Waals surface area contributed by atoms with Crippen LogP contribution in [0.3, 0.4) is 0 Å². The van der Waals surface area contributed by atoms with Gasteiger partial charge in [-0.1, -0.05) is 16.8 Å². The summed E-state index contributed by atoms with van der Waals surface area (Å²) in [5, 5.41) is 13.1. The van der Waals surface area contributed by atoms with Gasteiger partial charge >= 0.3 is 0 Å². The number of hydrogen-bond acceptors (Lipinski definition) is 4. The summed E-state index contributed by atoms with van der Waals surface area (Å²) in [4.78, 5) is 0. The van der Waals surface area contributed by atoms with Crippen LogP contribution in [-0.2, 0) is 20.0 Å². The number of nitrogens with zero attached hydrogens (tertiary/aromatic N) is 5. The fourth-order valence-electron chi connectivity index (χ4n) is 2.24. The molecule has 114 valence electrons. The first kappa shape index (κ1) is 14.6. The number of ether oxygens (including phenoxy) is 1. The Balaban J connectivity index is 1.75. The second-order valence-electron chi connectivity index (χ2n) is 4.91. The van der Waals surface area contributed by atoms with Gasteiger partial charge in [0.25, 0.3) is 0 Å². The summed E-state index contributed by atoms with van der Waals surface area (Å²) in [6.07, 6.45) is 4.53. The maximum atomic E-state index is 6.26. The predicted molar refractivity (Wildman–Crippen MR) is 83.9 cm³/mol. The van der Waals surface area contributed by atoms with Crippen LogP contribution in [-0.4, -0.2) is 31.9 Å². The molecule has 0 aliphatic carbocycles. The summed E-state index contributed by atoms with van der Waals surface area (Å²) < 4.78 is 8.82. The van der Waals surface area contributed by atoms with Crippen molar-refractivity contribution in [3.05, 3.63) is 47.4 Å². The fraction of sp³-hybridized carbons (Fsp3) is 0.267. The van der Waals surface area contributed by atoms with Crippen molar-refractivity contribution in [2.45, 2.75) is 13.0 Å². The minimum absolute atomic E-state index is 0.595. The standard InChI is InChI=1S/C15H16ClN5O/c1-20-11(5-7-17-20)6-8-21-10-15(18-19-21)13-4-3-12(22-2)9-14(13)16/h3-5,7,9-10H,6,8H2,1-2H3. The van der Waals surface area contributed by atoms with Gasteiger partial charge in [0.2, 0.25) is 0 Å². The maximum absolute atomic E-state index is 6.26. The van der Waals surface area contributed by atoms with Crippen LogP contribution in [0.15, 0.2) is 36.7 Å². The third kappa shape index (κ3) is 2.96. The Hall–Kier alpha value is -2.34. The highest BCUT2D eigenvalue weighted by molar-refractivity contribution is 6.33. The summed E-state index contributed by atoms with van der Waals surface area (Å²) in [6, 6.07) is 7.51. The highest BCUT2D eigenvalue weighted by Crippen LogP contribution is 2.29. The Kier molecular flexibility index (Phi) is 4.11. The van der Waals surface area contributed by atoms with Crippen molar-refractivity contribution >= 4 is 11.6 Å². The second kappa shape index (κ2) is 6.19. The number of aromatic nitrogens is 5. The van der Waals surface area contributed by atoms with E-state index in [2.05, 4.69) is 15.4 Å².